The molecule has 0 fully saturated rings. The monoisotopic (exact) mass is 220 g/mol. The number of rotatable bonds is 1. The van der Waals surface area contributed by atoms with Crippen LogP contribution in [-0.2, 0) is 4.74 Å². The fraction of sp³-hybridized carbons (Fsp3) is 0.182. The predicted octanol–water partition coefficient (Wildman–Crippen LogP) is 1.69. The summed E-state index contributed by atoms with van der Waals surface area (Å²) in [7, 11) is 1.30. The topological polar surface area (TPSA) is 91.5 Å². The minimum atomic E-state index is -0.494. The Morgan fingerprint density at radius 2 is 2.06 bits per heavy atom. The minimum absolute atomic E-state index is 0.289. The smallest absolute Gasteiger partial charge is 0.341 e. The molecule has 0 saturated heterocycles. The van der Waals surface area contributed by atoms with E-state index in [1.807, 2.05) is 0 Å². The molecule has 84 valence electrons. The first-order valence-corrected chi connectivity index (χ1v) is 4.71. The van der Waals surface area contributed by atoms with Crippen LogP contribution in [0.3, 0.4) is 0 Å². The van der Waals surface area contributed by atoms with Gasteiger partial charge < -0.3 is 20.6 Å². The molecular weight excluding hydrogens is 208 g/mol. The zero-order valence-electron chi connectivity index (χ0n) is 9.03. The molecule has 1 aromatic carbocycles. The third-order valence-corrected chi connectivity index (χ3v) is 2.41. The van der Waals surface area contributed by atoms with Gasteiger partial charge in [-0.3, -0.25) is 0 Å². The van der Waals surface area contributed by atoms with E-state index in [4.69, 9.17) is 15.9 Å². The van der Waals surface area contributed by atoms with Gasteiger partial charge in [0.2, 0.25) is 0 Å². The fourth-order valence-corrected chi connectivity index (χ4v) is 1.63. The van der Waals surface area contributed by atoms with E-state index >= 15 is 0 Å². The van der Waals surface area contributed by atoms with Gasteiger partial charge in [0.1, 0.15) is 11.3 Å². The number of fused-ring (bicyclic) bond motifs is 1. The van der Waals surface area contributed by atoms with Crippen LogP contribution in [0.5, 0.6) is 0 Å². The van der Waals surface area contributed by atoms with Gasteiger partial charge in [-0.05, 0) is 19.1 Å². The van der Waals surface area contributed by atoms with Crippen LogP contribution in [0, 0.1) is 6.92 Å². The Labute approximate surface area is 92.0 Å². The zero-order chi connectivity index (χ0) is 11.9. The summed E-state index contributed by atoms with van der Waals surface area (Å²) in [6.07, 6.45) is 0. The highest BCUT2D eigenvalue weighted by Gasteiger charge is 2.18. The summed E-state index contributed by atoms with van der Waals surface area (Å²) in [5.41, 5.74) is 13.0. The van der Waals surface area contributed by atoms with Crippen molar-refractivity contribution in [3.8, 4) is 0 Å². The number of benzene rings is 1. The molecule has 0 unspecified atom stereocenters. The molecule has 2 aromatic rings. The van der Waals surface area contributed by atoms with Gasteiger partial charge in [0.05, 0.1) is 18.5 Å². The average molecular weight is 220 g/mol. The van der Waals surface area contributed by atoms with Crippen molar-refractivity contribution in [2.45, 2.75) is 6.92 Å². The molecule has 16 heavy (non-hydrogen) atoms. The second-order valence-corrected chi connectivity index (χ2v) is 3.52. The lowest BCUT2D eigenvalue weighted by molar-refractivity contribution is 0.0602. The van der Waals surface area contributed by atoms with Crippen LogP contribution in [0.25, 0.3) is 11.0 Å². The number of methoxy groups -OCH3 is 1. The van der Waals surface area contributed by atoms with Gasteiger partial charge in [-0.25, -0.2) is 4.79 Å². The summed E-state index contributed by atoms with van der Waals surface area (Å²) in [5, 5.41) is 0.637. The molecule has 0 radical (unpaired) electrons. The molecule has 0 aliphatic carbocycles. The maximum absolute atomic E-state index is 11.5. The second-order valence-electron chi connectivity index (χ2n) is 3.52. The molecule has 0 bridgehead atoms. The minimum Gasteiger partial charge on any atom is -0.465 e. The van der Waals surface area contributed by atoms with Crippen LogP contribution in [0.15, 0.2) is 16.5 Å². The van der Waals surface area contributed by atoms with Gasteiger partial charge >= 0.3 is 5.97 Å². The molecule has 0 saturated carbocycles. The number of ether oxygens (including phenoxy) is 1. The molecule has 0 aliphatic heterocycles. The van der Waals surface area contributed by atoms with E-state index in [0.29, 0.717) is 28.1 Å². The number of carbonyl (C=O) groups is 1. The molecule has 1 heterocycles. The standard InChI is InChI=1S/C11H12N2O3/c1-5-3-6-9(13)8(12)4-7(10(6)16-5)11(14)15-2/h3-4H,12-13H2,1-2H3. The Kier molecular flexibility index (Phi) is 2.23. The van der Waals surface area contributed by atoms with Crippen LogP contribution in [-0.4, -0.2) is 13.1 Å². The lowest BCUT2D eigenvalue weighted by Crippen LogP contribution is -2.04. The fourth-order valence-electron chi connectivity index (χ4n) is 1.63. The van der Waals surface area contributed by atoms with Crippen LogP contribution in [0.2, 0.25) is 0 Å². The third kappa shape index (κ3) is 1.37. The lowest BCUT2D eigenvalue weighted by atomic mass is 10.1. The molecule has 5 heteroatoms. The SMILES string of the molecule is COC(=O)c1cc(N)c(N)c2cc(C)oc12. The molecule has 4 N–H and O–H groups in total. The Bertz CT molecular complexity index is 572. The van der Waals surface area contributed by atoms with Crippen molar-refractivity contribution < 1.29 is 13.9 Å². The Hall–Kier alpha value is -2.17. The molecule has 0 amide bonds. The first kappa shape index (κ1) is 10.4. The number of nitrogens with two attached hydrogens (primary N) is 2. The first-order chi connectivity index (χ1) is 7.54. The van der Waals surface area contributed by atoms with E-state index in [2.05, 4.69) is 4.74 Å². The van der Waals surface area contributed by atoms with Gasteiger partial charge in [0.25, 0.3) is 0 Å². The molecular formula is C11H12N2O3. The maximum Gasteiger partial charge on any atom is 0.341 e. The van der Waals surface area contributed by atoms with E-state index in [0.717, 1.165) is 0 Å². The number of furan rings is 1. The average Bonchev–Trinajstić information content (AvgIpc) is 2.64. The number of nitrogen functional groups attached to an aromatic ring is 2. The molecule has 5 nitrogen and oxygen atoms in total. The lowest BCUT2D eigenvalue weighted by Gasteiger charge is -2.05. The number of anilines is 2. The summed E-state index contributed by atoms with van der Waals surface area (Å²) in [4.78, 5) is 11.5. The van der Waals surface area contributed by atoms with E-state index < -0.39 is 5.97 Å². The summed E-state index contributed by atoms with van der Waals surface area (Å²) in [6.45, 7) is 1.77. The van der Waals surface area contributed by atoms with Gasteiger partial charge in [-0.1, -0.05) is 0 Å². The van der Waals surface area contributed by atoms with Gasteiger partial charge in [-0.2, -0.15) is 0 Å². The van der Waals surface area contributed by atoms with Crippen molar-refractivity contribution in [1.29, 1.82) is 0 Å². The molecule has 2 rings (SSSR count). The number of hydrogen-bond acceptors (Lipinski definition) is 5. The quantitative estimate of drug-likeness (QED) is 0.563. The number of carbonyl (C=O) groups excluding carboxylic acids is 1. The van der Waals surface area contributed by atoms with Gasteiger partial charge in [0.15, 0.2) is 5.58 Å². The predicted molar refractivity (Wildman–Crippen MR) is 61.1 cm³/mol. The highest BCUT2D eigenvalue weighted by Crippen LogP contribution is 2.32. The summed E-state index contributed by atoms with van der Waals surface area (Å²) in [6, 6.07) is 3.21. The van der Waals surface area contributed by atoms with Crippen molar-refractivity contribution in [1.82, 2.24) is 0 Å². The van der Waals surface area contributed by atoms with Crippen molar-refractivity contribution in [3.05, 3.63) is 23.5 Å². The third-order valence-electron chi connectivity index (χ3n) is 2.41. The second kappa shape index (κ2) is 3.44. The molecule has 0 atom stereocenters. The normalized spacial score (nSPS) is 10.6. The van der Waals surface area contributed by atoms with Crippen molar-refractivity contribution in [2.75, 3.05) is 18.6 Å². The molecule has 1 aromatic heterocycles. The van der Waals surface area contributed by atoms with E-state index in [-0.39, 0.29) is 5.56 Å². The van der Waals surface area contributed by atoms with E-state index in [9.17, 15) is 4.79 Å². The maximum atomic E-state index is 11.5. The Balaban J connectivity index is 2.84. The van der Waals surface area contributed by atoms with E-state index in [1.165, 1.54) is 13.2 Å². The van der Waals surface area contributed by atoms with Gasteiger partial charge in [-0.15, -0.1) is 0 Å². The molecule has 0 aliphatic rings. The number of aryl methyl sites for hydroxylation is 1. The van der Waals surface area contributed by atoms with Crippen molar-refractivity contribution in [3.63, 3.8) is 0 Å². The highest BCUT2D eigenvalue weighted by atomic mass is 16.5. The number of hydrogen-bond donors (Lipinski definition) is 2. The summed E-state index contributed by atoms with van der Waals surface area (Å²) >= 11 is 0. The highest BCUT2D eigenvalue weighted by molar-refractivity contribution is 6.08. The largest absolute Gasteiger partial charge is 0.465 e. The van der Waals surface area contributed by atoms with E-state index in [1.54, 1.807) is 13.0 Å². The van der Waals surface area contributed by atoms with Crippen LogP contribution in [0.1, 0.15) is 16.1 Å². The zero-order valence-corrected chi connectivity index (χ0v) is 9.03. The van der Waals surface area contributed by atoms with Crippen LogP contribution in [0.4, 0.5) is 11.4 Å². The van der Waals surface area contributed by atoms with Crippen LogP contribution >= 0.6 is 0 Å². The molecule has 0 spiro atoms. The number of esters is 1. The first-order valence-electron chi connectivity index (χ1n) is 4.71. The summed E-state index contributed by atoms with van der Waals surface area (Å²) < 4.78 is 10.1. The Morgan fingerprint density at radius 3 is 2.69 bits per heavy atom. The Morgan fingerprint density at radius 1 is 1.38 bits per heavy atom. The van der Waals surface area contributed by atoms with Crippen molar-refractivity contribution >= 4 is 28.3 Å². The summed E-state index contributed by atoms with van der Waals surface area (Å²) in [5.74, 6) is 0.170. The van der Waals surface area contributed by atoms with Gasteiger partial charge in [0, 0.05) is 5.39 Å². The van der Waals surface area contributed by atoms with Crippen LogP contribution < -0.4 is 11.5 Å². The van der Waals surface area contributed by atoms with Crippen molar-refractivity contribution in [2.24, 2.45) is 0 Å².